The second kappa shape index (κ2) is 6.44. The summed E-state index contributed by atoms with van der Waals surface area (Å²) in [6, 6.07) is 5.76. The lowest BCUT2D eigenvalue weighted by Gasteiger charge is -2.34. The molecule has 0 aliphatic carbocycles. The summed E-state index contributed by atoms with van der Waals surface area (Å²) >= 11 is 0. The quantitative estimate of drug-likeness (QED) is 0.729. The van der Waals surface area contributed by atoms with Crippen LogP contribution in [0.25, 0.3) is 0 Å². The SMILES string of the molecule is CC(C)CC(NC(=O)c1ccccc1)C(O)(O)C(F)(F)F. The topological polar surface area (TPSA) is 69.6 Å². The summed E-state index contributed by atoms with van der Waals surface area (Å²) < 4.78 is 38.2. The van der Waals surface area contributed by atoms with Gasteiger partial charge >= 0.3 is 6.18 Å². The standard InChI is InChI=1S/C14H18F3NO3/c1-9(2)8-11(13(20,21)14(15,16)17)18-12(19)10-6-4-3-5-7-10/h3-7,9,11,20-21H,8H2,1-2H3,(H,18,19). The molecular formula is C14H18F3NO3. The summed E-state index contributed by atoms with van der Waals surface area (Å²) in [4.78, 5) is 11.9. The average molecular weight is 305 g/mol. The number of benzene rings is 1. The molecule has 1 atom stereocenters. The molecule has 3 N–H and O–H groups in total. The summed E-state index contributed by atoms with van der Waals surface area (Å²) in [6.45, 7) is 3.24. The van der Waals surface area contributed by atoms with E-state index in [0.717, 1.165) is 0 Å². The van der Waals surface area contributed by atoms with E-state index in [0.29, 0.717) is 0 Å². The Morgan fingerprint density at radius 3 is 2.14 bits per heavy atom. The molecule has 1 unspecified atom stereocenters. The molecule has 0 saturated carbocycles. The Labute approximate surface area is 120 Å². The number of hydrogen-bond donors (Lipinski definition) is 3. The van der Waals surface area contributed by atoms with Crippen molar-refractivity contribution in [1.82, 2.24) is 5.32 Å². The zero-order valence-electron chi connectivity index (χ0n) is 11.7. The van der Waals surface area contributed by atoms with Crippen molar-refractivity contribution in [2.24, 2.45) is 5.92 Å². The van der Waals surface area contributed by atoms with Crippen molar-refractivity contribution in [3.63, 3.8) is 0 Å². The molecule has 1 aromatic rings. The molecule has 0 heterocycles. The number of alkyl halides is 3. The van der Waals surface area contributed by atoms with Gasteiger partial charge in [-0.3, -0.25) is 4.79 Å². The summed E-state index contributed by atoms with van der Waals surface area (Å²) in [6.07, 6.45) is -5.50. The van der Waals surface area contributed by atoms with Crippen LogP contribution in [-0.4, -0.2) is 34.1 Å². The summed E-state index contributed by atoms with van der Waals surface area (Å²) in [5.41, 5.74) is 0.143. The minimum absolute atomic E-state index is 0.143. The molecule has 0 bridgehead atoms. The molecule has 0 aliphatic rings. The number of aliphatic hydroxyl groups is 2. The van der Waals surface area contributed by atoms with Crippen LogP contribution in [0.3, 0.4) is 0 Å². The van der Waals surface area contributed by atoms with Crippen molar-refractivity contribution < 1.29 is 28.2 Å². The van der Waals surface area contributed by atoms with Crippen molar-refractivity contribution in [2.75, 3.05) is 0 Å². The van der Waals surface area contributed by atoms with Crippen molar-refractivity contribution >= 4 is 5.91 Å². The zero-order chi connectivity index (χ0) is 16.3. The fourth-order valence-corrected chi connectivity index (χ4v) is 1.82. The van der Waals surface area contributed by atoms with E-state index in [4.69, 9.17) is 0 Å². The highest BCUT2D eigenvalue weighted by atomic mass is 19.4. The van der Waals surface area contributed by atoms with Gasteiger partial charge in [-0.05, 0) is 24.5 Å². The van der Waals surface area contributed by atoms with Crippen LogP contribution >= 0.6 is 0 Å². The summed E-state index contributed by atoms with van der Waals surface area (Å²) in [5.74, 6) is -5.05. The van der Waals surface area contributed by atoms with Crippen LogP contribution in [0.5, 0.6) is 0 Å². The smallest absolute Gasteiger partial charge is 0.357 e. The molecular weight excluding hydrogens is 287 g/mol. The van der Waals surface area contributed by atoms with E-state index >= 15 is 0 Å². The maximum absolute atomic E-state index is 12.7. The fourth-order valence-electron chi connectivity index (χ4n) is 1.82. The summed E-state index contributed by atoms with van der Waals surface area (Å²) in [7, 11) is 0. The Morgan fingerprint density at radius 1 is 1.19 bits per heavy atom. The third kappa shape index (κ3) is 4.44. The van der Waals surface area contributed by atoms with Gasteiger partial charge in [0.2, 0.25) is 0 Å². The zero-order valence-corrected chi connectivity index (χ0v) is 11.7. The van der Waals surface area contributed by atoms with Gasteiger partial charge in [-0.2, -0.15) is 13.2 Å². The lowest BCUT2D eigenvalue weighted by molar-refractivity contribution is -0.359. The number of rotatable bonds is 5. The van der Waals surface area contributed by atoms with Crippen molar-refractivity contribution in [1.29, 1.82) is 0 Å². The van der Waals surface area contributed by atoms with Gasteiger partial charge in [-0.1, -0.05) is 32.0 Å². The van der Waals surface area contributed by atoms with E-state index in [-0.39, 0.29) is 17.9 Å². The Bertz CT molecular complexity index is 472. The third-order valence-electron chi connectivity index (χ3n) is 2.95. The van der Waals surface area contributed by atoms with Crippen molar-refractivity contribution in [3.8, 4) is 0 Å². The maximum atomic E-state index is 12.7. The van der Waals surface area contributed by atoms with Crippen LogP contribution in [-0.2, 0) is 0 Å². The first-order chi connectivity index (χ1) is 9.55. The molecule has 21 heavy (non-hydrogen) atoms. The Hall–Kier alpha value is -1.60. The first-order valence-corrected chi connectivity index (χ1v) is 6.43. The Kier molecular flexibility index (Phi) is 5.36. The van der Waals surface area contributed by atoms with E-state index in [9.17, 15) is 28.2 Å². The van der Waals surface area contributed by atoms with Gasteiger partial charge in [0.05, 0.1) is 6.04 Å². The highest BCUT2D eigenvalue weighted by Crippen LogP contribution is 2.33. The van der Waals surface area contributed by atoms with Gasteiger partial charge in [-0.15, -0.1) is 0 Å². The van der Waals surface area contributed by atoms with Crippen LogP contribution in [0.1, 0.15) is 30.6 Å². The number of hydrogen-bond acceptors (Lipinski definition) is 3. The largest absolute Gasteiger partial charge is 0.445 e. The average Bonchev–Trinajstić information content (AvgIpc) is 2.37. The van der Waals surface area contributed by atoms with E-state index in [2.05, 4.69) is 5.32 Å². The number of amides is 1. The monoisotopic (exact) mass is 305 g/mol. The lowest BCUT2D eigenvalue weighted by atomic mass is 9.95. The van der Waals surface area contributed by atoms with Gasteiger partial charge in [0, 0.05) is 5.56 Å². The Morgan fingerprint density at radius 2 is 1.71 bits per heavy atom. The highest BCUT2D eigenvalue weighted by molar-refractivity contribution is 5.94. The van der Waals surface area contributed by atoms with Gasteiger partial charge < -0.3 is 15.5 Å². The number of nitrogens with one attached hydrogen (secondary N) is 1. The second-order valence-corrected chi connectivity index (χ2v) is 5.25. The molecule has 1 aromatic carbocycles. The van der Waals surface area contributed by atoms with Gasteiger partial charge in [0.1, 0.15) is 0 Å². The molecule has 7 heteroatoms. The fraction of sp³-hybridized carbons (Fsp3) is 0.500. The first-order valence-electron chi connectivity index (χ1n) is 6.43. The van der Waals surface area contributed by atoms with E-state index in [1.807, 2.05) is 0 Å². The van der Waals surface area contributed by atoms with Crippen LogP contribution in [0, 0.1) is 5.92 Å². The first kappa shape index (κ1) is 17.5. The molecule has 0 saturated heterocycles. The predicted molar refractivity (Wildman–Crippen MR) is 70.4 cm³/mol. The molecule has 0 spiro atoms. The Balaban J connectivity index is 2.97. The molecule has 0 aliphatic heterocycles. The van der Waals surface area contributed by atoms with Crippen LogP contribution in [0.15, 0.2) is 30.3 Å². The number of carbonyl (C=O) groups is 1. The van der Waals surface area contributed by atoms with Crippen molar-refractivity contribution in [3.05, 3.63) is 35.9 Å². The second-order valence-electron chi connectivity index (χ2n) is 5.25. The van der Waals surface area contributed by atoms with E-state index in [1.165, 1.54) is 12.1 Å². The van der Waals surface area contributed by atoms with Crippen LogP contribution in [0.2, 0.25) is 0 Å². The normalized spacial score (nSPS) is 14.1. The van der Waals surface area contributed by atoms with E-state index in [1.54, 1.807) is 32.0 Å². The minimum Gasteiger partial charge on any atom is -0.357 e. The molecule has 1 amide bonds. The molecule has 4 nitrogen and oxygen atoms in total. The number of carbonyl (C=O) groups excluding carboxylic acids is 1. The number of halogens is 3. The van der Waals surface area contributed by atoms with Crippen LogP contribution in [0.4, 0.5) is 13.2 Å². The predicted octanol–water partition coefficient (Wildman–Crippen LogP) is 2.07. The highest BCUT2D eigenvalue weighted by Gasteiger charge is 2.58. The molecule has 118 valence electrons. The van der Waals surface area contributed by atoms with Crippen LogP contribution < -0.4 is 5.32 Å². The minimum atomic E-state index is -5.27. The van der Waals surface area contributed by atoms with E-state index < -0.39 is 23.9 Å². The van der Waals surface area contributed by atoms with Gasteiger partial charge in [0.25, 0.3) is 11.7 Å². The molecule has 0 radical (unpaired) electrons. The lowest BCUT2D eigenvalue weighted by Crippen LogP contribution is -2.61. The molecule has 0 fully saturated rings. The third-order valence-corrected chi connectivity index (χ3v) is 2.95. The maximum Gasteiger partial charge on any atom is 0.445 e. The molecule has 0 aromatic heterocycles. The van der Waals surface area contributed by atoms with Gasteiger partial charge in [0.15, 0.2) is 0 Å². The molecule has 1 rings (SSSR count). The van der Waals surface area contributed by atoms with Crippen molar-refractivity contribution in [2.45, 2.75) is 38.3 Å². The van der Waals surface area contributed by atoms with Gasteiger partial charge in [-0.25, -0.2) is 0 Å². The summed E-state index contributed by atoms with van der Waals surface area (Å²) in [5, 5.41) is 20.8.